The zero-order valence-corrected chi connectivity index (χ0v) is 5.31. The van der Waals surface area contributed by atoms with Crippen molar-refractivity contribution in [2.24, 2.45) is 5.73 Å². The third kappa shape index (κ3) is 1.01. The van der Waals surface area contributed by atoms with E-state index < -0.39 is 0 Å². The number of hydrogen-bond acceptors (Lipinski definition) is 2. The van der Waals surface area contributed by atoms with Gasteiger partial charge in [-0.2, -0.15) is 0 Å². The van der Waals surface area contributed by atoms with Gasteiger partial charge in [0.1, 0.15) is 0 Å². The van der Waals surface area contributed by atoms with Crippen molar-refractivity contribution in [2.45, 2.75) is 25.3 Å². The van der Waals surface area contributed by atoms with E-state index in [0.29, 0.717) is 0 Å². The predicted molar refractivity (Wildman–Crippen MR) is 32.6 cm³/mol. The second kappa shape index (κ2) is 2.03. The molecule has 1 fully saturated rings. The van der Waals surface area contributed by atoms with Gasteiger partial charge in [0, 0.05) is 0 Å². The molecule has 0 unspecified atom stereocenters. The first-order chi connectivity index (χ1) is 3.77. The Morgan fingerprint density at radius 1 is 1.62 bits per heavy atom. The normalized spacial score (nSPS) is 24.8. The maximum Gasteiger partial charge on any atom is 0.0669 e. The first kappa shape index (κ1) is 6.05. The number of ether oxygens (including phenoxy) is 1. The van der Waals surface area contributed by atoms with Crippen LogP contribution in [0.1, 0.15) is 19.8 Å². The van der Waals surface area contributed by atoms with Crippen LogP contribution in [0, 0.1) is 0 Å². The summed E-state index contributed by atoms with van der Waals surface area (Å²) in [5, 5.41) is 0. The topological polar surface area (TPSA) is 35.2 Å². The average Bonchev–Trinajstić information content (AvgIpc) is 1.64. The monoisotopic (exact) mass is 115 g/mol. The SMILES string of the molecule is CCCC1(N)COC1. The molecule has 1 saturated heterocycles. The van der Waals surface area contributed by atoms with Gasteiger partial charge in [-0.15, -0.1) is 0 Å². The molecule has 0 atom stereocenters. The van der Waals surface area contributed by atoms with Gasteiger partial charge in [-0.25, -0.2) is 0 Å². The summed E-state index contributed by atoms with van der Waals surface area (Å²) in [6, 6.07) is 0. The molecule has 2 N–H and O–H groups in total. The Morgan fingerprint density at radius 2 is 2.25 bits per heavy atom. The van der Waals surface area contributed by atoms with Crippen molar-refractivity contribution in [3.05, 3.63) is 0 Å². The van der Waals surface area contributed by atoms with E-state index in [9.17, 15) is 0 Å². The van der Waals surface area contributed by atoms with Gasteiger partial charge in [0.15, 0.2) is 0 Å². The molecule has 1 heterocycles. The summed E-state index contributed by atoms with van der Waals surface area (Å²) in [6.45, 7) is 3.68. The Bertz CT molecular complexity index is 78.6. The molecule has 2 heteroatoms. The summed E-state index contributed by atoms with van der Waals surface area (Å²) in [7, 11) is 0. The molecular formula is C6H13NO. The first-order valence-electron chi connectivity index (χ1n) is 3.13. The highest BCUT2D eigenvalue weighted by molar-refractivity contribution is 4.89. The molecule has 1 rings (SSSR count). The molecule has 0 spiro atoms. The Balaban J connectivity index is 2.20. The molecule has 2 nitrogen and oxygen atoms in total. The van der Waals surface area contributed by atoms with Crippen LogP contribution in [0.4, 0.5) is 0 Å². The second-order valence-corrected chi connectivity index (χ2v) is 2.61. The fourth-order valence-electron chi connectivity index (χ4n) is 1.01. The molecule has 0 aromatic heterocycles. The smallest absolute Gasteiger partial charge is 0.0669 e. The molecule has 48 valence electrons. The van der Waals surface area contributed by atoms with Gasteiger partial charge in [0.2, 0.25) is 0 Å². The third-order valence-corrected chi connectivity index (χ3v) is 1.53. The van der Waals surface area contributed by atoms with Crippen molar-refractivity contribution in [1.29, 1.82) is 0 Å². The van der Waals surface area contributed by atoms with E-state index in [4.69, 9.17) is 10.5 Å². The predicted octanol–water partition coefficient (Wildman–Crippen LogP) is 0.514. The minimum Gasteiger partial charge on any atom is -0.377 e. The summed E-state index contributed by atoms with van der Waals surface area (Å²) in [5.41, 5.74) is 5.84. The van der Waals surface area contributed by atoms with Crippen LogP contribution in [-0.2, 0) is 4.74 Å². The van der Waals surface area contributed by atoms with E-state index in [1.54, 1.807) is 0 Å². The Morgan fingerprint density at radius 3 is 2.38 bits per heavy atom. The molecule has 1 aliphatic heterocycles. The molecule has 8 heavy (non-hydrogen) atoms. The fourth-order valence-corrected chi connectivity index (χ4v) is 1.01. The van der Waals surface area contributed by atoms with E-state index in [-0.39, 0.29) is 5.54 Å². The first-order valence-corrected chi connectivity index (χ1v) is 3.13. The lowest BCUT2D eigenvalue weighted by molar-refractivity contribution is -0.0574. The van der Waals surface area contributed by atoms with E-state index in [1.807, 2.05) is 0 Å². The molecule has 0 amide bonds. The Hall–Kier alpha value is -0.0800. The summed E-state index contributed by atoms with van der Waals surface area (Å²) in [6.07, 6.45) is 2.27. The van der Waals surface area contributed by atoms with Crippen molar-refractivity contribution >= 4 is 0 Å². The standard InChI is InChI=1S/C6H13NO/c1-2-3-6(7)4-8-5-6/h2-5,7H2,1H3. The van der Waals surface area contributed by atoms with Crippen LogP contribution >= 0.6 is 0 Å². The summed E-state index contributed by atoms with van der Waals surface area (Å²) < 4.78 is 4.97. The Labute approximate surface area is 50.0 Å². The summed E-state index contributed by atoms with van der Waals surface area (Å²) >= 11 is 0. The van der Waals surface area contributed by atoms with Crippen molar-refractivity contribution in [3.8, 4) is 0 Å². The Kier molecular flexibility index (Phi) is 1.54. The molecule has 0 aromatic carbocycles. The lowest BCUT2D eigenvalue weighted by Crippen LogP contribution is -2.57. The zero-order chi connectivity index (χ0) is 6.04. The van der Waals surface area contributed by atoms with Gasteiger partial charge in [0.25, 0.3) is 0 Å². The largest absolute Gasteiger partial charge is 0.377 e. The van der Waals surface area contributed by atoms with Gasteiger partial charge < -0.3 is 10.5 Å². The van der Waals surface area contributed by atoms with Gasteiger partial charge in [0.05, 0.1) is 18.8 Å². The average molecular weight is 115 g/mol. The zero-order valence-electron chi connectivity index (χ0n) is 5.31. The van der Waals surface area contributed by atoms with Crippen molar-refractivity contribution in [1.82, 2.24) is 0 Å². The molecule has 0 radical (unpaired) electrons. The van der Waals surface area contributed by atoms with Crippen LogP contribution in [0.25, 0.3) is 0 Å². The van der Waals surface area contributed by atoms with E-state index in [1.165, 1.54) is 6.42 Å². The number of rotatable bonds is 2. The number of hydrogen-bond donors (Lipinski definition) is 1. The molecule has 0 saturated carbocycles. The highest BCUT2D eigenvalue weighted by Crippen LogP contribution is 2.18. The van der Waals surface area contributed by atoms with Gasteiger partial charge in [-0.1, -0.05) is 13.3 Å². The molecule has 0 aliphatic carbocycles. The molecule has 0 bridgehead atoms. The highest BCUT2D eigenvalue weighted by Gasteiger charge is 2.32. The van der Waals surface area contributed by atoms with Crippen molar-refractivity contribution in [2.75, 3.05) is 13.2 Å². The minimum absolute atomic E-state index is 0.0503. The van der Waals surface area contributed by atoms with Crippen LogP contribution in [0.2, 0.25) is 0 Å². The quantitative estimate of drug-likeness (QED) is 0.569. The van der Waals surface area contributed by atoms with Crippen LogP contribution in [0.3, 0.4) is 0 Å². The van der Waals surface area contributed by atoms with Crippen molar-refractivity contribution in [3.63, 3.8) is 0 Å². The lowest BCUT2D eigenvalue weighted by Gasteiger charge is -2.37. The molecule has 1 aliphatic rings. The number of nitrogens with two attached hydrogens (primary N) is 1. The lowest BCUT2D eigenvalue weighted by atomic mass is 9.93. The highest BCUT2D eigenvalue weighted by atomic mass is 16.5. The maximum absolute atomic E-state index is 5.79. The summed E-state index contributed by atoms with van der Waals surface area (Å²) in [4.78, 5) is 0. The van der Waals surface area contributed by atoms with Crippen molar-refractivity contribution < 1.29 is 4.74 Å². The van der Waals surface area contributed by atoms with Gasteiger partial charge in [-0.3, -0.25) is 0 Å². The van der Waals surface area contributed by atoms with E-state index >= 15 is 0 Å². The second-order valence-electron chi connectivity index (χ2n) is 2.61. The van der Waals surface area contributed by atoms with E-state index in [0.717, 1.165) is 19.6 Å². The molecular weight excluding hydrogens is 102 g/mol. The van der Waals surface area contributed by atoms with Crippen LogP contribution < -0.4 is 5.73 Å². The van der Waals surface area contributed by atoms with Crippen LogP contribution in [0.15, 0.2) is 0 Å². The fraction of sp³-hybridized carbons (Fsp3) is 1.00. The van der Waals surface area contributed by atoms with Gasteiger partial charge in [-0.05, 0) is 6.42 Å². The third-order valence-electron chi connectivity index (χ3n) is 1.53. The van der Waals surface area contributed by atoms with Gasteiger partial charge >= 0.3 is 0 Å². The van der Waals surface area contributed by atoms with Crippen LogP contribution in [-0.4, -0.2) is 18.8 Å². The minimum atomic E-state index is 0.0503. The molecule has 0 aromatic rings. The van der Waals surface area contributed by atoms with E-state index in [2.05, 4.69) is 6.92 Å². The maximum atomic E-state index is 5.79. The summed E-state index contributed by atoms with van der Waals surface area (Å²) in [5.74, 6) is 0. The van der Waals surface area contributed by atoms with Crippen LogP contribution in [0.5, 0.6) is 0 Å².